The normalized spacial score (nSPS) is 18.3. The Morgan fingerprint density at radius 3 is 1.41 bits per heavy atom. The lowest BCUT2D eigenvalue weighted by molar-refractivity contribution is -0.929. The molecule has 1 fully saturated rings. The topological polar surface area (TPSA) is 77.5 Å². The highest BCUT2D eigenvalue weighted by atomic mass is 32.3. The van der Waals surface area contributed by atoms with Gasteiger partial charge in [0.25, 0.3) is 0 Å². The summed E-state index contributed by atoms with van der Waals surface area (Å²) in [6.45, 7) is 15.1. The minimum atomic E-state index is -4.47. The third kappa shape index (κ3) is 11.5. The molecule has 0 spiro atoms. The highest BCUT2D eigenvalue weighted by Gasteiger charge is 2.25. The Balaban J connectivity index is 0.000000569. The van der Waals surface area contributed by atoms with Crippen LogP contribution >= 0.6 is 0 Å². The summed E-state index contributed by atoms with van der Waals surface area (Å²) in [5.74, 6) is 0.279. The molecule has 0 aromatic heterocycles. The molecule has 1 heterocycles. The smallest absolute Gasteiger partial charge is 0.173 e. The van der Waals surface area contributed by atoms with Crippen LogP contribution in [-0.2, 0) is 21.3 Å². The van der Waals surface area contributed by atoms with E-state index in [0.29, 0.717) is 10.1 Å². The van der Waals surface area contributed by atoms with Crippen molar-refractivity contribution in [1.82, 2.24) is 3.71 Å². The Kier molecular flexibility index (Phi) is 14.9. The second-order valence-electron chi connectivity index (χ2n) is 7.51. The molecule has 1 atom stereocenters. The summed E-state index contributed by atoms with van der Waals surface area (Å²) >= 11 is 0. The molecule has 1 saturated heterocycles. The molecular formula is C19H42N2O4S2. The van der Waals surface area contributed by atoms with E-state index in [-0.39, 0.29) is 12.3 Å². The first-order valence-corrected chi connectivity index (χ1v) is 13.4. The Bertz CT molecular complexity index is 460. The van der Waals surface area contributed by atoms with E-state index in [1.54, 1.807) is 0 Å². The van der Waals surface area contributed by atoms with E-state index < -0.39 is 21.3 Å². The van der Waals surface area contributed by atoms with Gasteiger partial charge in [-0.25, -0.2) is 12.6 Å². The highest BCUT2D eigenvalue weighted by molar-refractivity contribution is 7.98. The summed E-state index contributed by atoms with van der Waals surface area (Å²) < 4.78 is 43.2. The second-order valence-corrected chi connectivity index (χ2v) is 10.5. The van der Waals surface area contributed by atoms with Crippen LogP contribution in [0.1, 0.15) is 85.5 Å². The lowest BCUT2D eigenvalue weighted by Crippen LogP contribution is -2.50. The summed E-state index contributed by atoms with van der Waals surface area (Å²) in [6, 6.07) is 0. The minimum absolute atomic E-state index is 0.0957. The molecule has 6 nitrogen and oxygen atoms in total. The van der Waals surface area contributed by atoms with Crippen LogP contribution in [0.25, 0.3) is 0 Å². The zero-order chi connectivity index (χ0) is 20.8. The predicted molar refractivity (Wildman–Crippen MR) is 113 cm³/mol. The Morgan fingerprint density at radius 1 is 0.852 bits per heavy atom. The van der Waals surface area contributed by atoms with Crippen molar-refractivity contribution in [3.8, 4) is 0 Å². The number of unbranched alkanes of at least 4 members (excludes halogenated alkanes) is 4. The molecule has 0 saturated carbocycles. The number of nitrogens with zero attached hydrogens (tertiary/aromatic N) is 2. The molecule has 0 aromatic carbocycles. The van der Waals surface area contributed by atoms with Crippen LogP contribution in [0.3, 0.4) is 0 Å². The minimum Gasteiger partial charge on any atom is -0.735 e. The van der Waals surface area contributed by atoms with Crippen molar-refractivity contribution in [2.75, 3.05) is 38.5 Å². The van der Waals surface area contributed by atoms with Crippen molar-refractivity contribution in [3.63, 3.8) is 0 Å². The zero-order valence-electron chi connectivity index (χ0n) is 18.0. The van der Waals surface area contributed by atoms with Gasteiger partial charge in [-0.3, -0.25) is 0 Å². The number of quaternary nitrogens is 1. The van der Waals surface area contributed by atoms with Gasteiger partial charge in [-0.05, 0) is 32.1 Å². The van der Waals surface area contributed by atoms with Crippen LogP contribution in [-0.4, -0.2) is 63.8 Å². The Morgan fingerprint density at radius 2 is 1.22 bits per heavy atom. The van der Waals surface area contributed by atoms with Crippen LogP contribution in [0.2, 0.25) is 0 Å². The lowest BCUT2D eigenvalue weighted by Gasteiger charge is -2.39. The van der Waals surface area contributed by atoms with Crippen molar-refractivity contribution in [2.24, 2.45) is 0 Å². The van der Waals surface area contributed by atoms with Crippen LogP contribution in [0.5, 0.6) is 0 Å². The summed E-state index contributed by atoms with van der Waals surface area (Å²) in [5.41, 5.74) is 0. The summed E-state index contributed by atoms with van der Waals surface area (Å²) in [4.78, 5) is 0. The Labute approximate surface area is 170 Å². The van der Waals surface area contributed by atoms with Gasteiger partial charge in [0, 0.05) is 12.3 Å². The fourth-order valence-electron chi connectivity index (χ4n) is 3.38. The Hall–Kier alpha value is -0.0200. The summed E-state index contributed by atoms with van der Waals surface area (Å²) in [7, 11) is -6.07. The lowest BCUT2D eigenvalue weighted by atomic mass is 10.1. The van der Waals surface area contributed by atoms with E-state index in [9.17, 15) is 17.2 Å². The van der Waals surface area contributed by atoms with Crippen molar-refractivity contribution < 1.29 is 21.7 Å². The first-order valence-electron chi connectivity index (χ1n) is 10.7. The standard InChI is InChI=1S/C16H36N.C3H7NO4S2/c1-5-9-13-17(14-10-6-2,15-11-7-3)16-12-8-4;5-9-3-1-2-4(9)10(6,7)8/h5-16H2,1-4H3;1-3H2,(H,6,7,8)/q+1;/p-1. The fourth-order valence-corrected chi connectivity index (χ4v) is 5.68. The SMILES string of the molecule is CCCC[N+](CCCC)(CCCC)CCCC.O=S1CCCN1S(=O)(=O)[O-]. The van der Waals surface area contributed by atoms with Crippen LogP contribution < -0.4 is 0 Å². The van der Waals surface area contributed by atoms with Gasteiger partial charge in [-0.1, -0.05) is 53.4 Å². The van der Waals surface area contributed by atoms with Gasteiger partial charge in [0.15, 0.2) is 10.3 Å². The van der Waals surface area contributed by atoms with Crippen molar-refractivity contribution in [3.05, 3.63) is 0 Å². The highest BCUT2D eigenvalue weighted by Crippen LogP contribution is 2.16. The second kappa shape index (κ2) is 14.9. The van der Waals surface area contributed by atoms with Gasteiger partial charge in [-0.2, -0.15) is 0 Å². The van der Waals surface area contributed by atoms with Gasteiger partial charge >= 0.3 is 0 Å². The molecule has 0 aliphatic carbocycles. The van der Waals surface area contributed by atoms with Crippen molar-refractivity contribution in [2.45, 2.75) is 85.5 Å². The van der Waals surface area contributed by atoms with Gasteiger partial charge in [-0.15, -0.1) is 3.71 Å². The largest absolute Gasteiger partial charge is 0.735 e. The van der Waals surface area contributed by atoms with Crippen LogP contribution in [0, 0.1) is 0 Å². The van der Waals surface area contributed by atoms with Crippen LogP contribution in [0.4, 0.5) is 0 Å². The van der Waals surface area contributed by atoms with E-state index >= 15 is 0 Å². The van der Waals surface area contributed by atoms with Crippen LogP contribution in [0.15, 0.2) is 0 Å². The molecule has 1 aliphatic heterocycles. The van der Waals surface area contributed by atoms with E-state index in [0.717, 1.165) is 0 Å². The van der Waals surface area contributed by atoms with E-state index in [1.165, 1.54) is 82.0 Å². The van der Waals surface area contributed by atoms with Gasteiger partial charge in [0.2, 0.25) is 0 Å². The number of hydrogen-bond acceptors (Lipinski definition) is 4. The summed E-state index contributed by atoms with van der Waals surface area (Å²) in [5, 5.41) is 0. The molecule has 164 valence electrons. The molecule has 27 heavy (non-hydrogen) atoms. The third-order valence-electron chi connectivity index (χ3n) is 5.08. The maximum atomic E-state index is 10.7. The molecule has 1 rings (SSSR count). The van der Waals surface area contributed by atoms with Gasteiger partial charge in [0.1, 0.15) is 11.0 Å². The fraction of sp³-hybridized carbons (Fsp3) is 1.00. The number of hydrogen-bond donors (Lipinski definition) is 0. The monoisotopic (exact) mass is 426 g/mol. The molecule has 1 unspecified atom stereocenters. The molecule has 0 radical (unpaired) electrons. The molecule has 0 bridgehead atoms. The average Bonchev–Trinajstić information content (AvgIpc) is 3.07. The molecule has 1 aliphatic rings. The third-order valence-corrected chi connectivity index (χ3v) is 8.08. The number of rotatable bonds is 13. The van der Waals surface area contributed by atoms with E-state index in [2.05, 4.69) is 27.7 Å². The van der Waals surface area contributed by atoms with Gasteiger partial charge < -0.3 is 9.04 Å². The van der Waals surface area contributed by atoms with Crippen molar-refractivity contribution >= 4 is 21.3 Å². The van der Waals surface area contributed by atoms with E-state index in [1.807, 2.05) is 0 Å². The summed E-state index contributed by atoms with van der Waals surface area (Å²) in [6.07, 6.45) is 11.6. The maximum absolute atomic E-state index is 10.7. The predicted octanol–water partition coefficient (Wildman–Crippen LogP) is 3.82. The quantitative estimate of drug-likeness (QED) is 0.331. The maximum Gasteiger partial charge on any atom is 0.173 e. The molecule has 0 N–H and O–H groups in total. The average molecular weight is 427 g/mol. The van der Waals surface area contributed by atoms with Gasteiger partial charge in [0.05, 0.1) is 26.2 Å². The first kappa shape index (κ1) is 27.0. The molecule has 0 aromatic rings. The molecule has 0 amide bonds. The molecule has 8 heteroatoms. The zero-order valence-corrected chi connectivity index (χ0v) is 19.6. The van der Waals surface area contributed by atoms with E-state index in [4.69, 9.17) is 0 Å². The van der Waals surface area contributed by atoms with Crippen molar-refractivity contribution in [1.29, 1.82) is 0 Å². The first-order chi connectivity index (χ1) is 12.8. The molecular weight excluding hydrogens is 384 g/mol.